The maximum atomic E-state index is 12.1. The van der Waals surface area contributed by atoms with Crippen LogP contribution in [0.4, 0.5) is 0 Å². The third-order valence-corrected chi connectivity index (χ3v) is 3.25. The molecule has 0 fully saturated rings. The number of nitrogens with one attached hydrogen (secondary N) is 1. The fourth-order valence-corrected chi connectivity index (χ4v) is 2.23. The van der Waals surface area contributed by atoms with Gasteiger partial charge in [-0.1, -0.05) is 48.5 Å². The first-order chi connectivity index (χ1) is 9.33. The average molecular weight is 253 g/mol. The zero-order valence-electron chi connectivity index (χ0n) is 10.5. The minimum Gasteiger partial charge on any atom is -0.480 e. The summed E-state index contributed by atoms with van der Waals surface area (Å²) in [7, 11) is 0. The Balaban J connectivity index is 1.58. The molecule has 3 nitrogen and oxygen atoms in total. The summed E-state index contributed by atoms with van der Waals surface area (Å²) in [5, 5.41) is 2.91. The molecule has 0 aliphatic carbocycles. The molecule has 0 aromatic heterocycles. The Kier molecular flexibility index (Phi) is 3.19. The second kappa shape index (κ2) is 5.14. The number of hydrogen-bond donors (Lipinski definition) is 1. The van der Waals surface area contributed by atoms with Gasteiger partial charge in [0.25, 0.3) is 5.91 Å². The first kappa shape index (κ1) is 11.8. The van der Waals surface area contributed by atoms with Gasteiger partial charge in [-0.3, -0.25) is 4.79 Å². The van der Waals surface area contributed by atoms with Crippen LogP contribution in [0.1, 0.15) is 11.1 Å². The SMILES string of the molecule is O=C(NCc1ccccc1)[C@@H]1Cc2ccccc2O1. The van der Waals surface area contributed by atoms with Crippen molar-refractivity contribution in [2.24, 2.45) is 0 Å². The van der Waals surface area contributed by atoms with Gasteiger partial charge in [0, 0.05) is 13.0 Å². The van der Waals surface area contributed by atoms with Crippen LogP contribution in [0.3, 0.4) is 0 Å². The fourth-order valence-electron chi connectivity index (χ4n) is 2.23. The summed E-state index contributed by atoms with van der Waals surface area (Å²) < 4.78 is 5.65. The van der Waals surface area contributed by atoms with Crippen LogP contribution in [0.5, 0.6) is 5.75 Å². The molecule has 1 N–H and O–H groups in total. The third kappa shape index (κ3) is 2.60. The van der Waals surface area contributed by atoms with E-state index in [-0.39, 0.29) is 5.91 Å². The number of fused-ring (bicyclic) bond motifs is 1. The summed E-state index contributed by atoms with van der Waals surface area (Å²) in [6.45, 7) is 0.538. The Hall–Kier alpha value is -2.29. The van der Waals surface area contributed by atoms with Gasteiger partial charge in [-0.25, -0.2) is 0 Å². The predicted octanol–water partition coefficient (Wildman–Crippen LogP) is 2.31. The van der Waals surface area contributed by atoms with Gasteiger partial charge >= 0.3 is 0 Å². The Morgan fingerprint density at radius 1 is 1.11 bits per heavy atom. The van der Waals surface area contributed by atoms with Crippen molar-refractivity contribution in [1.82, 2.24) is 5.32 Å². The van der Waals surface area contributed by atoms with Crippen molar-refractivity contribution in [2.45, 2.75) is 19.1 Å². The summed E-state index contributed by atoms with van der Waals surface area (Å²) in [6, 6.07) is 17.7. The maximum absolute atomic E-state index is 12.1. The number of carbonyl (C=O) groups is 1. The number of amides is 1. The lowest BCUT2D eigenvalue weighted by atomic mass is 10.1. The maximum Gasteiger partial charge on any atom is 0.261 e. The lowest BCUT2D eigenvalue weighted by molar-refractivity contribution is -0.127. The van der Waals surface area contributed by atoms with Crippen LogP contribution in [0, 0.1) is 0 Å². The summed E-state index contributed by atoms with van der Waals surface area (Å²) >= 11 is 0. The van der Waals surface area contributed by atoms with E-state index in [9.17, 15) is 4.79 Å². The van der Waals surface area contributed by atoms with Crippen LogP contribution in [0.15, 0.2) is 54.6 Å². The molecule has 0 bridgehead atoms. The number of para-hydroxylation sites is 1. The highest BCUT2D eigenvalue weighted by Gasteiger charge is 2.28. The van der Waals surface area contributed by atoms with E-state index in [0.717, 1.165) is 16.9 Å². The quantitative estimate of drug-likeness (QED) is 0.911. The van der Waals surface area contributed by atoms with Gasteiger partial charge in [0.2, 0.25) is 0 Å². The Morgan fingerprint density at radius 3 is 2.63 bits per heavy atom. The molecule has 1 aliphatic heterocycles. The number of benzene rings is 2. The lowest BCUT2D eigenvalue weighted by Gasteiger charge is -2.11. The number of hydrogen-bond acceptors (Lipinski definition) is 2. The van der Waals surface area contributed by atoms with E-state index in [1.54, 1.807) is 0 Å². The molecule has 2 aromatic carbocycles. The zero-order valence-corrected chi connectivity index (χ0v) is 10.5. The molecule has 0 saturated heterocycles. The van der Waals surface area contributed by atoms with E-state index in [2.05, 4.69) is 5.32 Å². The summed E-state index contributed by atoms with van der Waals surface area (Å²) in [5.41, 5.74) is 2.19. The Morgan fingerprint density at radius 2 is 1.84 bits per heavy atom. The molecule has 1 atom stereocenters. The van der Waals surface area contributed by atoms with E-state index in [0.29, 0.717) is 13.0 Å². The molecule has 1 aliphatic rings. The summed E-state index contributed by atoms with van der Waals surface area (Å²) in [5.74, 6) is 0.766. The molecular formula is C16H15NO2. The van der Waals surface area contributed by atoms with Gasteiger partial charge in [0.15, 0.2) is 6.10 Å². The van der Waals surface area contributed by atoms with E-state index >= 15 is 0 Å². The standard InChI is InChI=1S/C16H15NO2/c18-16(17-11-12-6-2-1-3-7-12)15-10-13-8-4-5-9-14(13)19-15/h1-9,15H,10-11H2,(H,17,18)/t15-/m0/s1. The Labute approximate surface area is 112 Å². The van der Waals surface area contributed by atoms with E-state index in [1.807, 2.05) is 54.6 Å². The van der Waals surface area contributed by atoms with Crippen LogP contribution < -0.4 is 10.1 Å². The van der Waals surface area contributed by atoms with Crippen molar-refractivity contribution in [2.75, 3.05) is 0 Å². The van der Waals surface area contributed by atoms with E-state index in [1.165, 1.54) is 0 Å². The smallest absolute Gasteiger partial charge is 0.261 e. The van der Waals surface area contributed by atoms with Crippen molar-refractivity contribution in [1.29, 1.82) is 0 Å². The second-order valence-corrected chi connectivity index (χ2v) is 4.62. The Bertz CT molecular complexity index is 555. The van der Waals surface area contributed by atoms with Crippen molar-refractivity contribution >= 4 is 5.91 Å². The molecule has 19 heavy (non-hydrogen) atoms. The number of carbonyl (C=O) groups excluding carboxylic acids is 1. The number of ether oxygens (including phenoxy) is 1. The van der Waals surface area contributed by atoms with Crippen molar-refractivity contribution < 1.29 is 9.53 Å². The van der Waals surface area contributed by atoms with Gasteiger partial charge in [0.1, 0.15) is 5.75 Å². The van der Waals surface area contributed by atoms with Crippen LogP contribution in [-0.4, -0.2) is 12.0 Å². The first-order valence-corrected chi connectivity index (χ1v) is 6.39. The van der Waals surface area contributed by atoms with Gasteiger partial charge in [-0.2, -0.15) is 0 Å². The van der Waals surface area contributed by atoms with Gasteiger partial charge in [0.05, 0.1) is 0 Å². The van der Waals surface area contributed by atoms with Crippen LogP contribution >= 0.6 is 0 Å². The molecule has 0 saturated carbocycles. The molecule has 3 heteroatoms. The van der Waals surface area contributed by atoms with E-state index in [4.69, 9.17) is 4.74 Å². The van der Waals surface area contributed by atoms with Crippen molar-refractivity contribution in [3.8, 4) is 5.75 Å². The topological polar surface area (TPSA) is 38.3 Å². The summed E-state index contributed by atoms with van der Waals surface area (Å²) in [6.07, 6.45) is 0.248. The predicted molar refractivity (Wildman–Crippen MR) is 72.9 cm³/mol. The van der Waals surface area contributed by atoms with Crippen LogP contribution in [0.25, 0.3) is 0 Å². The highest BCUT2D eigenvalue weighted by atomic mass is 16.5. The second-order valence-electron chi connectivity index (χ2n) is 4.62. The minimum absolute atomic E-state index is 0.0555. The molecule has 96 valence electrons. The van der Waals surface area contributed by atoms with Crippen LogP contribution in [-0.2, 0) is 17.8 Å². The first-order valence-electron chi connectivity index (χ1n) is 6.39. The van der Waals surface area contributed by atoms with Gasteiger partial charge in [-0.05, 0) is 17.2 Å². The number of rotatable bonds is 3. The molecule has 0 radical (unpaired) electrons. The molecule has 0 spiro atoms. The third-order valence-electron chi connectivity index (χ3n) is 3.25. The largest absolute Gasteiger partial charge is 0.480 e. The van der Waals surface area contributed by atoms with Crippen molar-refractivity contribution in [3.05, 3.63) is 65.7 Å². The van der Waals surface area contributed by atoms with Crippen molar-refractivity contribution in [3.63, 3.8) is 0 Å². The molecule has 1 heterocycles. The minimum atomic E-state index is -0.402. The fraction of sp³-hybridized carbons (Fsp3) is 0.188. The normalized spacial score (nSPS) is 16.5. The molecule has 1 amide bonds. The zero-order chi connectivity index (χ0) is 13.1. The highest BCUT2D eigenvalue weighted by Crippen LogP contribution is 2.28. The van der Waals surface area contributed by atoms with Gasteiger partial charge < -0.3 is 10.1 Å². The molecule has 2 aromatic rings. The summed E-state index contributed by atoms with van der Waals surface area (Å²) in [4.78, 5) is 12.1. The monoisotopic (exact) mass is 253 g/mol. The van der Waals surface area contributed by atoms with E-state index < -0.39 is 6.10 Å². The average Bonchev–Trinajstić information content (AvgIpc) is 2.90. The lowest BCUT2D eigenvalue weighted by Crippen LogP contribution is -2.36. The van der Waals surface area contributed by atoms with Gasteiger partial charge in [-0.15, -0.1) is 0 Å². The molecular weight excluding hydrogens is 238 g/mol. The highest BCUT2D eigenvalue weighted by molar-refractivity contribution is 5.82. The molecule has 3 rings (SSSR count). The molecule has 0 unspecified atom stereocenters. The van der Waals surface area contributed by atoms with Crippen LogP contribution in [0.2, 0.25) is 0 Å².